The van der Waals surface area contributed by atoms with Gasteiger partial charge in [0.15, 0.2) is 0 Å². The van der Waals surface area contributed by atoms with Crippen molar-refractivity contribution in [3.8, 4) is 0 Å². The Morgan fingerprint density at radius 3 is 1.93 bits per heavy atom. The molecule has 0 aromatic carbocycles. The predicted molar refractivity (Wildman–Crippen MR) is 52.4 cm³/mol. The van der Waals surface area contributed by atoms with Gasteiger partial charge in [-0.15, -0.1) is 0 Å². The fourth-order valence-electron chi connectivity index (χ4n) is 0.543. The number of halogens is 3. The van der Waals surface area contributed by atoms with Crippen molar-refractivity contribution in [2.45, 2.75) is 3.79 Å². The molecule has 0 saturated carbocycles. The molecule has 0 spiro atoms. The molecule has 0 rings (SSSR count). The molecule has 14 heavy (non-hydrogen) atoms. The van der Waals surface area contributed by atoms with Gasteiger partial charge in [0, 0.05) is 6.08 Å². The van der Waals surface area contributed by atoms with Gasteiger partial charge in [0.2, 0.25) is 3.79 Å². The van der Waals surface area contributed by atoms with Gasteiger partial charge < -0.3 is 9.47 Å². The molecular weight excluding hydrogens is 254 g/mol. The average Bonchev–Trinajstić information content (AvgIpc) is 2.10. The standard InChI is InChI=1S/C7H7Cl3O4/c1-13-5(11)3-4(6(12)14-2)7(8,9)10/h3H,1-2H3. The number of esters is 2. The zero-order chi connectivity index (χ0) is 11.4. The lowest BCUT2D eigenvalue weighted by atomic mass is 10.3. The lowest BCUT2D eigenvalue weighted by molar-refractivity contribution is -0.138. The molecule has 0 heterocycles. The fraction of sp³-hybridized carbons (Fsp3) is 0.429. The summed E-state index contributed by atoms with van der Waals surface area (Å²) < 4.78 is 6.56. The minimum absolute atomic E-state index is 0.406. The summed E-state index contributed by atoms with van der Waals surface area (Å²) in [6.07, 6.45) is 0.763. The van der Waals surface area contributed by atoms with E-state index < -0.39 is 21.3 Å². The van der Waals surface area contributed by atoms with Crippen LogP contribution in [0.2, 0.25) is 0 Å². The first kappa shape index (κ1) is 13.5. The number of hydrogen-bond donors (Lipinski definition) is 0. The third kappa shape index (κ3) is 4.17. The quantitative estimate of drug-likeness (QED) is 0.431. The zero-order valence-corrected chi connectivity index (χ0v) is 9.61. The SMILES string of the molecule is COC(=O)C=C(C(=O)OC)C(Cl)(Cl)Cl. The van der Waals surface area contributed by atoms with E-state index in [0.29, 0.717) is 0 Å². The van der Waals surface area contributed by atoms with Crippen molar-refractivity contribution < 1.29 is 19.1 Å². The molecule has 0 aliphatic heterocycles. The summed E-state index contributed by atoms with van der Waals surface area (Å²) in [6, 6.07) is 0. The Morgan fingerprint density at radius 2 is 1.64 bits per heavy atom. The molecule has 0 amide bonds. The van der Waals surface area contributed by atoms with Crippen molar-refractivity contribution in [3.63, 3.8) is 0 Å². The summed E-state index contributed by atoms with van der Waals surface area (Å²) >= 11 is 16.3. The maximum atomic E-state index is 11.1. The van der Waals surface area contributed by atoms with Crippen molar-refractivity contribution >= 4 is 46.7 Å². The molecule has 0 saturated heterocycles. The summed E-state index contributed by atoms with van der Waals surface area (Å²) in [7, 11) is 2.23. The molecule has 0 aliphatic carbocycles. The Balaban J connectivity index is 5.02. The lowest BCUT2D eigenvalue weighted by Gasteiger charge is -2.12. The van der Waals surface area contributed by atoms with Gasteiger partial charge in [-0.05, 0) is 0 Å². The molecule has 0 N–H and O–H groups in total. The third-order valence-electron chi connectivity index (χ3n) is 1.17. The second-order valence-electron chi connectivity index (χ2n) is 2.07. The fourth-order valence-corrected chi connectivity index (χ4v) is 0.938. The van der Waals surface area contributed by atoms with E-state index in [1.807, 2.05) is 0 Å². The van der Waals surface area contributed by atoms with Gasteiger partial charge in [-0.25, -0.2) is 9.59 Å². The second kappa shape index (κ2) is 5.44. The Morgan fingerprint density at radius 1 is 1.14 bits per heavy atom. The minimum atomic E-state index is -2.03. The van der Waals surface area contributed by atoms with E-state index in [0.717, 1.165) is 20.3 Å². The van der Waals surface area contributed by atoms with E-state index in [-0.39, 0.29) is 0 Å². The topological polar surface area (TPSA) is 52.6 Å². The van der Waals surface area contributed by atoms with Gasteiger partial charge in [0.05, 0.1) is 19.8 Å². The summed E-state index contributed by atoms with van der Waals surface area (Å²) in [4.78, 5) is 21.9. The molecule has 0 aromatic heterocycles. The number of methoxy groups -OCH3 is 2. The first-order valence-electron chi connectivity index (χ1n) is 3.28. The number of carbonyl (C=O) groups excluding carboxylic acids is 2. The van der Waals surface area contributed by atoms with E-state index in [2.05, 4.69) is 9.47 Å². The van der Waals surface area contributed by atoms with Crippen molar-refractivity contribution in [1.29, 1.82) is 0 Å². The van der Waals surface area contributed by atoms with Crippen LogP contribution >= 0.6 is 34.8 Å². The molecule has 0 fully saturated rings. The Bertz CT molecular complexity index is 267. The molecule has 80 valence electrons. The van der Waals surface area contributed by atoms with Gasteiger partial charge in [-0.1, -0.05) is 34.8 Å². The van der Waals surface area contributed by atoms with E-state index in [4.69, 9.17) is 34.8 Å². The lowest BCUT2D eigenvalue weighted by Crippen LogP contribution is -2.19. The van der Waals surface area contributed by atoms with Crippen LogP contribution in [0, 0.1) is 0 Å². The number of alkyl halides is 3. The molecule has 0 atom stereocenters. The van der Waals surface area contributed by atoms with Crippen LogP contribution in [0.3, 0.4) is 0 Å². The average molecular weight is 261 g/mol. The molecule has 0 unspecified atom stereocenters. The monoisotopic (exact) mass is 260 g/mol. The van der Waals surface area contributed by atoms with E-state index >= 15 is 0 Å². The van der Waals surface area contributed by atoms with Crippen LogP contribution in [0.25, 0.3) is 0 Å². The van der Waals surface area contributed by atoms with Gasteiger partial charge >= 0.3 is 11.9 Å². The largest absolute Gasteiger partial charge is 0.466 e. The Kier molecular flexibility index (Phi) is 5.26. The highest BCUT2D eigenvalue weighted by atomic mass is 35.6. The third-order valence-corrected chi connectivity index (χ3v) is 1.78. The second-order valence-corrected chi connectivity index (χ2v) is 4.35. The van der Waals surface area contributed by atoms with Crippen molar-refractivity contribution in [2.75, 3.05) is 14.2 Å². The molecular formula is C7H7Cl3O4. The van der Waals surface area contributed by atoms with Gasteiger partial charge in [-0.3, -0.25) is 0 Å². The van der Waals surface area contributed by atoms with Gasteiger partial charge in [0.1, 0.15) is 0 Å². The van der Waals surface area contributed by atoms with E-state index in [1.54, 1.807) is 0 Å². The van der Waals surface area contributed by atoms with Crippen LogP contribution in [-0.2, 0) is 19.1 Å². The number of ether oxygens (including phenoxy) is 2. The summed E-state index contributed by atoms with van der Waals surface area (Å²) in [6.45, 7) is 0. The molecule has 0 aromatic rings. The summed E-state index contributed by atoms with van der Waals surface area (Å²) in [5.41, 5.74) is -0.406. The van der Waals surface area contributed by atoms with Crippen LogP contribution in [0.5, 0.6) is 0 Å². The van der Waals surface area contributed by atoms with Crippen LogP contribution in [0.15, 0.2) is 11.6 Å². The molecule has 0 radical (unpaired) electrons. The number of hydrogen-bond acceptors (Lipinski definition) is 4. The van der Waals surface area contributed by atoms with Crippen molar-refractivity contribution in [3.05, 3.63) is 11.6 Å². The van der Waals surface area contributed by atoms with Crippen LogP contribution in [0.4, 0.5) is 0 Å². The first-order valence-corrected chi connectivity index (χ1v) is 4.41. The summed E-state index contributed by atoms with van der Waals surface area (Å²) in [5.74, 6) is -1.72. The van der Waals surface area contributed by atoms with E-state index in [9.17, 15) is 9.59 Å². The zero-order valence-electron chi connectivity index (χ0n) is 7.34. The predicted octanol–water partition coefficient (Wildman–Crippen LogP) is 1.63. The van der Waals surface area contributed by atoms with Crippen LogP contribution in [-0.4, -0.2) is 30.0 Å². The summed E-state index contributed by atoms with van der Waals surface area (Å²) in [5, 5.41) is 0. The number of carbonyl (C=O) groups is 2. The first-order chi connectivity index (χ1) is 6.32. The maximum Gasteiger partial charge on any atom is 0.338 e. The minimum Gasteiger partial charge on any atom is -0.466 e. The number of rotatable bonds is 2. The molecule has 4 nitrogen and oxygen atoms in total. The highest BCUT2D eigenvalue weighted by Gasteiger charge is 2.33. The Hall–Kier alpha value is -0.450. The van der Waals surface area contributed by atoms with Gasteiger partial charge in [-0.2, -0.15) is 0 Å². The smallest absolute Gasteiger partial charge is 0.338 e. The van der Waals surface area contributed by atoms with Crippen LogP contribution in [0.1, 0.15) is 0 Å². The Labute approximate surface area is 95.7 Å². The molecule has 0 aliphatic rings. The molecule has 0 bridgehead atoms. The normalized spacial score (nSPS) is 12.2. The highest BCUT2D eigenvalue weighted by Crippen LogP contribution is 2.35. The maximum absolute atomic E-state index is 11.1. The van der Waals surface area contributed by atoms with Crippen LogP contribution < -0.4 is 0 Å². The van der Waals surface area contributed by atoms with Gasteiger partial charge in [0.25, 0.3) is 0 Å². The van der Waals surface area contributed by atoms with E-state index in [1.165, 1.54) is 0 Å². The van der Waals surface area contributed by atoms with Crippen molar-refractivity contribution in [2.24, 2.45) is 0 Å². The highest BCUT2D eigenvalue weighted by molar-refractivity contribution is 6.71. The molecule has 7 heteroatoms. The van der Waals surface area contributed by atoms with Crippen molar-refractivity contribution in [1.82, 2.24) is 0 Å².